The molecule has 0 saturated heterocycles. The number of carboxylic acid groups (broad SMARTS) is 1. The van der Waals surface area contributed by atoms with Crippen LogP contribution in [0.3, 0.4) is 0 Å². The number of carboxylic acids is 1. The molecule has 2 aliphatic rings. The Hall–Kier alpha value is -4.31. The number of imidazole rings is 1. The van der Waals surface area contributed by atoms with Crippen LogP contribution < -0.4 is 16.0 Å². The van der Waals surface area contributed by atoms with Crippen LogP contribution in [0.5, 0.6) is 0 Å². The van der Waals surface area contributed by atoms with Gasteiger partial charge in [0.05, 0.1) is 24.0 Å². The van der Waals surface area contributed by atoms with Gasteiger partial charge in [0.2, 0.25) is 0 Å². The number of nitrogens with two attached hydrogens (primary N) is 1. The largest absolute Gasteiger partial charge is 0.481 e. The Morgan fingerprint density at radius 3 is 2.81 bits per heavy atom. The van der Waals surface area contributed by atoms with E-state index < -0.39 is 5.97 Å². The molecule has 2 unspecified atom stereocenters. The summed E-state index contributed by atoms with van der Waals surface area (Å²) in [5.74, 6) is 0.345. The molecule has 184 valence electrons. The first-order valence-electron chi connectivity index (χ1n) is 11.7. The summed E-state index contributed by atoms with van der Waals surface area (Å²) in [5, 5.41) is 20.3. The molecular weight excluding hydrogens is 458 g/mol. The molecule has 2 heterocycles. The molecule has 5 rings (SSSR count). The molecule has 2 aliphatic carbocycles. The van der Waals surface area contributed by atoms with Crippen LogP contribution in [0.15, 0.2) is 65.9 Å². The van der Waals surface area contributed by atoms with E-state index in [1.54, 1.807) is 36.5 Å². The van der Waals surface area contributed by atoms with E-state index in [4.69, 9.17) is 21.2 Å². The Morgan fingerprint density at radius 2 is 2.14 bits per heavy atom. The molecule has 1 fully saturated rings. The highest BCUT2D eigenvalue weighted by Crippen LogP contribution is 2.40. The highest BCUT2D eigenvalue weighted by molar-refractivity contribution is 6.07. The molecule has 10 nitrogen and oxygen atoms in total. The Bertz CT molecular complexity index is 1420. The Kier molecular flexibility index (Phi) is 6.11. The number of aryl methyl sites for hydroxylation is 1. The van der Waals surface area contributed by atoms with Crippen molar-refractivity contribution < 1.29 is 14.7 Å². The molecule has 10 heteroatoms. The lowest BCUT2D eigenvalue weighted by molar-refractivity contribution is -0.136. The fourth-order valence-corrected chi connectivity index (χ4v) is 4.80. The van der Waals surface area contributed by atoms with Gasteiger partial charge in [-0.05, 0) is 36.8 Å². The van der Waals surface area contributed by atoms with E-state index in [1.807, 2.05) is 23.8 Å². The molecule has 2 bridgehead atoms. The summed E-state index contributed by atoms with van der Waals surface area (Å²) in [6, 6.07) is 10.7. The molecule has 1 aromatic carbocycles. The number of carbonyl (C=O) groups is 2. The number of hydrogen-bond acceptors (Lipinski definition) is 6. The first kappa shape index (κ1) is 23.4. The maximum absolute atomic E-state index is 13.4. The van der Waals surface area contributed by atoms with E-state index >= 15 is 0 Å². The van der Waals surface area contributed by atoms with Crippen molar-refractivity contribution in [3.8, 4) is 0 Å². The van der Waals surface area contributed by atoms with Crippen molar-refractivity contribution in [2.45, 2.75) is 25.4 Å². The van der Waals surface area contributed by atoms with E-state index in [0.717, 1.165) is 23.3 Å². The van der Waals surface area contributed by atoms with Crippen molar-refractivity contribution >= 4 is 34.6 Å². The van der Waals surface area contributed by atoms with Crippen LogP contribution in [0.25, 0.3) is 11.0 Å². The van der Waals surface area contributed by atoms with E-state index in [9.17, 15) is 9.59 Å². The first-order valence-corrected chi connectivity index (χ1v) is 11.7. The van der Waals surface area contributed by atoms with Gasteiger partial charge in [0, 0.05) is 42.9 Å². The average Bonchev–Trinajstić information content (AvgIpc) is 3.19. The maximum atomic E-state index is 13.4. The van der Waals surface area contributed by atoms with Gasteiger partial charge in [-0.3, -0.25) is 19.9 Å². The van der Waals surface area contributed by atoms with Crippen molar-refractivity contribution in [1.82, 2.24) is 19.9 Å². The third kappa shape index (κ3) is 4.38. The molecule has 0 radical (unpaired) electrons. The number of aliphatic carboxylic acids is 1. The van der Waals surface area contributed by atoms with Crippen molar-refractivity contribution in [2.24, 2.45) is 18.7 Å². The second kappa shape index (κ2) is 9.38. The summed E-state index contributed by atoms with van der Waals surface area (Å²) >= 11 is 0. The molecule has 2 atom stereocenters. The minimum Gasteiger partial charge on any atom is -0.481 e. The molecular formula is C26H27N7O3. The number of rotatable bonds is 9. The van der Waals surface area contributed by atoms with Gasteiger partial charge in [0.25, 0.3) is 5.91 Å². The summed E-state index contributed by atoms with van der Waals surface area (Å²) in [6.45, 7) is 0.563. The number of fused-ring (bicyclic) bond motifs is 3. The summed E-state index contributed by atoms with van der Waals surface area (Å²) < 4.78 is 2.00. The molecule has 1 saturated carbocycles. The van der Waals surface area contributed by atoms with E-state index in [0.29, 0.717) is 29.4 Å². The number of amidine groups is 1. The maximum Gasteiger partial charge on any atom is 0.305 e. The number of benzene rings is 1. The van der Waals surface area contributed by atoms with E-state index in [-0.39, 0.29) is 30.8 Å². The van der Waals surface area contributed by atoms with Crippen LogP contribution >= 0.6 is 0 Å². The molecule has 1 amide bonds. The number of hydrogen-bond donors (Lipinski definition) is 4. The first-order chi connectivity index (χ1) is 17.3. The van der Waals surface area contributed by atoms with Gasteiger partial charge >= 0.3 is 5.97 Å². The standard InChI is InChI=1S/C26H27N7O3/c1-32-20-6-5-15(26(36)33(9-7-23(34)35)21-4-2-3-8-29-21)13-19(20)31-22(32)14-30-24-16-10-17(24)12-18(11-16)25(27)28/h2-6,8,11-13,16,24,30H,7,9-10,14H2,1H3,(H3,27,28)(H,34,35). The van der Waals surface area contributed by atoms with Gasteiger partial charge in [0.1, 0.15) is 17.5 Å². The van der Waals surface area contributed by atoms with E-state index in [2.05, 4.69) is 16.4 Å². The fourth-order valence-electron chi connectivity index (χ4n) is 4.80. The normalized spacial score (nSPS) is 18.2. The third-order valence-corrected chi connectivity index (χ3v) is 6.77. The molecule has 36 heavy (non-hydrogen) atoms. The predicted molar refractivity (Wildman–Crippen MR) is 136 cm³/mol. The number of nitrogens with one attached hydrogen (secondary N) is 2. The van der Waals surface area contributed by atoms with Crippen LogP contribution in [-0.4, -0.2) is 49.9 Å². The SMILES string of the molecule is Cn1c(CNC2C3=CC(C(=N)N)=CC2C3)nc2cc(C(=O)N(CCC(=O)O)c3ccccn3)ccc21. The van der Waals surface area contributed by atoms with Crippen molar-refractivity contribution in [3.05, 3.63) is 77.3 Å². The highest BCUT2D eigenvalue weighted by atomic mass is 16.4. The van der Waals surface area contributed by atoms with Gasteiger partial charge in [-0.1, -0.05) is 23.8 Å². The summed E-state index contributed by atoms with van der Waals surface area (Å²) in [4.78, 5) is 34.9. The van der Waals surface area contributed by atoms with Gasteiger partial charge in [-0.15, -0.1) is 0 Å². The molecule has 2 aromatic heterocycles. The zero-order valence-corrected chi connectivity index (χ0v) is 19.8. The lowest BCUT2D eigenvalue weighted by Crippen LogP contribution is -2.47. The second-order valence-electron chi connectivity index (χ2n) is 9.06. The van der Waals surface area contributed by atoms with Crippen LogP contribution in [0.2, 0.25) is 0 Å². The molecule has 5 N–H and O–H groups in total. The number of carbonyl (C=O) groups excluding carboxylic acids is 1. The third-order valence-electron chi connectivity index (χ3n) is 6.77. The quantitative estimate of drug-likeness (QED) is 0.268. The number of anilines is 1. The number of nitrogens with zero attached hydrogens (tertiary/aromatic N) is 4. The predicted octanol–water partition coefficient (Wildman–Crippen LogP) is 2.37. The molecule has 3 aromatic rings. The smallest absolute Gasteiger partial charge is 0.305 e. The minimum atomic E-state index is -0.986. The van der Waals surface area contributed by atoms with Crippen molar-refractivity contribution in [3.63, 3.8) is 0 Å². The lowest BCUT2D eigenvalue weighted by atomic mass is 9.69. The van der Waals surface area contributed by atoms with Gasteiger partial charge < -0.3 is 20.7 Å². The van der Waals surface area contributed by atoms with Crippen molar-refractivity contribution in [1.29, 1.82) is 5.41 Å². The zero-order valence-electron chi connectivity index (χ0n) is 19.8. The lowest BCUT2D eigenvalue weighted by Gasteiger charge is -2.42. The monoisotopic (exact) mass is 485 g/mol. The van der Waals surface area contributed by atoms with Gasteiger partial charge in [-0.2, -0.15) is 0 Å². The van der Waals surface area contributed by atoms with Crippen LogP contribution in [0.4, 0.5) is 5.82 Å². The van der Waals surface area contributed by atoms with Crippen LogP contribution in [-0.2, 0) is 18.4 Å². The summed E-state index contributed by atoms with van der Waals surface area (Å²) in [5.41, 5.74) is 9.65. The number of amides is 1. The summed E-state index contributed by atoms with van der Waals surface area (Å²) in [6.07, 6.45) is 6.41. The van der Waals surface area contributed by atoms with E-state index in [1.165, 1.54) is 10.5 Å². The average molecular weight is 486 g/mol. The minimum absolute atomic E-state index is 0.0127. The van der Waals surface area contributed by atoms with Crippen LogP contribution in [0, 0.1) is 11.3 Å². The van der Waals surface area contributed by atoms with Gasteiger partial charge in [0.15, 0.2) is 0 Å². The topological polar surface area (TPSA) is 150 Å². The Labute approximate surface area is 207 Å². The highest BCUT2D eigenvalue weighted by Gasteiger charge is 2.37. The second-order valence-corrected chi connectivity index (χ2v) is 9.06. The molecule has 0 aliphatic heterocycles. The van der Waals surface area contributed by atoms with Crippen LogP contribution in [0.1, 0.15) is 29.0 Å². The molecule has 0 spiro atoms. The fraction of sp³-hybridized carbons (Fsp3) is 0.269. The Morgan fingerprint density at radius 1 is 1.31 bits per heavy atom. The summed E-state index contributed by atoms with van der Waals surface area (Å²) in [7, 11) is 1.94. The number of pyridine rings is 1. The Balaban J connectivity index is 1.34. The van der Waals surface area contributed by atoms with Gasteiger partial charge in [-0.25, -0.2) is 9.97 Å². The number of aromatic nitrogens is 3. The zero-order chi connectivity index (χ0) is 25.4. The van der Waals surface area contributed by atoms with Crippen molar-refractivity contribution in [2.75, 3.05) is 11.4 Å².